The summed E-state index contributed by atoms with van der Waals surface area (Å²) in [5, 5.41) is 5.64. The van der Waals surface area contributed by atoms with Gasteiger partial charge in [-0.1, -0.05) is 24.3 Å². The summed E-state index contributed by atoms with van der Waals surface area (Å²) < 4.78 is 18.3. The zero-order valence-corrected chi connectivity index (χ0v) is 15.0. The minimum absolute atomic E-state index is 0.0838. The zero-order chi connectivity index (χ0) is 19.5. The molecule has 142 valence electrons. The third-order valence-corrected chi connectivity index (χ3v) is 4.86. The van der Waals surface area contributed by atoms with E-state index in [9.17, 15) is 14.0 Å². The number of furan rings is 1. The van der Waals surface area contributed by atoms with Gasteiger partial charge in [-0.3, -0.25) is 9.59 Å². The fourth-order valence-electron chi connectivity index (χ4n) is 3.25. The van der Waals surface area contributed by atoms with Crippen LogP contribution in [-0.2, 0) is 11.3 Å². The Labute approximate surface area is 161 Å². The number of hydrogen-bond acceptors (Lipinski definition) is 3. The molecule has 1 aliphatic carbocycles. The molecule has 3 aromatic rings. The van der Waals surface area contributed by atoms with E-state index in [2.05, 4.69) is 10.6 Å². The molecule has 2 aromatic carbocycles. The van der Waals surface area contributed by atoms with Gasteiger partial charge in [0.2, 0.25) is 5.91 Å². The molecule has 0 radical (unpaired) electrons. The molecule has 2 amide bonds. The van der Waals surface area contributed by atoms with Crippen LogP contribution in [0.2, 0.25) is 0 Å². The van der Waals surface area contributed by atoms with Gasteiger partial charge < -0.3 is 15.1 Å². The fraction of sp³-hybridized carbons (Fsp3) is 0.182. The first-order chi connectivity index (χ1) is 13.6. The highest BCUT2D eigenvalue weighted by Crippen LogP contribution is 2.48. The maximum Gasteiger partial charge on any atom is 0.253 e. The van der Waals surface area contributed by atoms with Gasteiger partial charge in [-0.25, -0.2) is 4.39 Å². The van der Waals surface area contributed by atoms with Crippen LogP contribution in [0.25, 0.3) is 0 Å². The fourth-order valence-corrected chi connectivity index (χ4v) is 3.25. The lowest BCUT2D eigenvalue weighted by atomic mass is 10.1. The summed E-state index contributed by atoms with van der Waals surface area (Å²) in [6.45, 7) is 0.267. The molecule has 0 saturated heterocycles. The van der Waals surface area contributed by atoms with Crippen molar-refractivity contribution < 1.29 is 18.4 Å². The van der Waals surface area contributed by atoms with Crippen LogP contribution in [0.5, 0.6) is 0 Å². The molecule has 1 aromatic heterocycles. The average Bonchev–Trinajstić information content (AvgIpc) is 3.34. The van der Waals surface area contributed by atoms with Crippen molar-refractivity contribution in [2.75, 3.05) is 5.32 Å². The topological polar surface area (TPSA) is 71.3 Å². The van der Waals surface area contributed by atoms with Crippen molar-refractivity contribution in [2.45, 2.75) is 18.9 Å². The Morgan fingerprint density at radius 1 is 1.04 bits per heavy atom. The Kier molecular flexibility index (Phi) is 4.93. The quantitative estimate of drug-likeness (QED) is 0.679. The first-order valence-electron chi connectivity index (χ1n) is 9.08. The molecule has 2 N–H and O–H groups in total. The molecule has 0 spiro atoms. The average molecular weight is 378 g/mol. The second-order valence-electron chi connectivity index (χ2n) is 6.80. The van der Waals surface area contributed by atoms with Gasteiger partial charge in [-0.2, -0.15) is 0 Å². The number of para-hydroxylation sites is 1. The number of rotatable bonds is 6. The second kappa shape index (κ2) is 7.68. The van der Waals surface area contributed by atoms with E-state index in [1.54, 1.807) is 54.8 Å². The minimum atomic E-state index is -0.293. The molecule has 0 aliphatic heterocycles. The first kappa shape index (κ1) is 18.0. The number of nitrogens with one attached hydrogen (secondary N) is 2. The van der Waals surface area contributed by atoms with Crippen LogP contribution in [0.3, 0.4) is 0 Å². The lowest BCUT2D eigenvalue weighted by Gasteiger charge is -2.11. The van der Waals surface area contributed by atoms with E-state index in [-0.39, 0.29) is 36.0 Å². The van der Waals surface area contributed by atoms with E-state index in [0.717, 1.165) is 5.56 Å². The number of amides is 2. The third-order valence-electron chi connectivity index (χ3n) is 4.86. The molecule has 2 unspecified atom stereocenters. The minimum Gasteiger partial charge on any atom is -0.467 e. The molecule has 1 saturated carbocycles. The van der Waals surface area contributed by atoms with Crippen LogP contribution >= 0.6 is 0 Å². The molecular formula is C22H19FN2O3. The molecule has 28 heavy (non-hydrogen) atoms. The monoisotopic (exact) mass is 378 g/mol. The zero-order valence-electron chi connectivity index (χ0n) is 15.0. The predicted octanol–water partition coefficient (Wildman–Crippen LogP) is 4.09. The smallest absolute Gasteiger partial charge is 0.253 e. The molecule has 1 heterocycles. The highest BCUT2D eigenvalue weighted by atomic mass is 19.1. The molecule has 0 bridgehead atoms. The van der Waals surface area contributed by atoms with Crippen molar-refractivity contribution in [3.63, 3.8) is 0 Å². The standard InChI is InChI=1S/C22H19FN2O3/c23-15-9-7-14(8-10-15)18-12-19(18)22(27)25-20-6-2-1-5-17(20)21(26)24-13-16-4-3-11-28-16/h1-11,18-19H,12-13H2,(H,24,26)(H,25,27). The Hall–Kier alpha value is -3.41. The van der Waals surface area contributed by atoms with E-state index in [4.69, 9.17) is 4.42 Å². The highest BCUT2D eigenvalue weighted by molar-refractivity contribution is 6.04. The van der Waals surface area contributed by atoms with Gasteiger partial charge in [0.1, 0.15) is 11.6 Å². The molecule has 2 atom stereocenters. The summed E-state index contributed by atoms with van der Waals surface area (Å²) in [5.41, 5.74) is 1.81. The molecule has 4 rings (SSSR count). The number of anilines is 1. The lowest BCUT2D eigenvalue weighted by molar-refractivity contribution is -0.117. The summed E-state index contributed by atoms with van der Waals surface area (Å²) in [6.07, 6.45) is 2.26. The van der Waals surface area contributed by atoms with Gasteiger partial charge in [-0.15, -0.1) is 0 Å². The van der Waals surface area contributed by atoms with Crippen molar-refractivity contribution >= 4 is 17.5 Å². The largest absolute Gasteiger partial charge is 0.467 e. The maximum atomic E-state index is 13.1. The Bertz CT molecular complexity index is 983. The van der Waals surface area contributed by atoms with Crippen LogP contribution in [0, 0.1) is 11.7 Å². The SMILES string of the molecule is O=C(NCc1ccco1)c1ccccc1NC(=O)C1CC1c1ccc(F)cc1. The third kappa shape index (κ3) is 3.96. The van der Waals surface area contributed by atoms with E-state index in [1.807, 2.05) is 0 Å². The molecule has 1 aliphatic rings. The van der Waals surface area contributed by atoms with Gasteiger partial charge >= 0.3 is 0 Å². The van der Waals surface area contributed by atoms with Gasteiger partial charge in [-0.05, 0) is 54.3 Å². The van der Waals surface area contributed by atoms with Crippen molar-refractivity contribution in [2.24, 2.45) is 5.92 Å². The molecular weight excluding hydrogens is 359 g/mol. The van der Waals surface area contributed by atoms with Crippen LogP contribution in [0.4, 0.5) is 10.1 Å². The number of carbonyl (C=O) groups is 2. The van der Waals surface area contributed by atoms with E-state index in [0.29, 0.717) is 23.4 Å². The molecule has 5 nitrogen and oxygen atoms in total. The number of carbonyl (C=O) groups excluding carboxylic acids is 2. The van der Waals surface area contributed by atoms with Gasteiger partial charge in [0.15, 0.2) is 0 Å². The number of hydrogen-bond donors (Lipinski definition) is 2. The van der Waals surface area contributed by atoms with Crippen molar-refractivity contribution in [3.8, 4) is 0 Å². The predicted molar refractivity (Wildman–Crippen MR) is 102 cm³/mol. The van der Waals surface area contributed by atoms with Crippen LogP contribution < -0.4 is 10.6 Å². The van der Waals surface area contributed by atoms with Crippen LogP contribution in [0.1, 0.15) is 34.0 Å². The molecule has 1 fully saturated rings. The van der Waals surface area contributed by atoms with Gasteiger partial charge in [0, 0.05) is 5.92 Å². The van der Waals surface area contributed by atoms with E-state index < -0.39 is 0 Å². The Morgan fingerprint density at radius 2 is 1.82 bits per heavy atom. The lowest BCUT2D eigenvalue weighted by Crippen LogP contribution is -2.25. The Balaban J connectivity index is 1.40. The summed E-state index contributed by atoms with van der Waals surface area (Å²) in [6, 6.07) is 16.6. The van der Waals surface area contributed by atoms with Crippen LogP contribution in [-0.4, -0.2) is 11.8 Å². The van der Waals surface area contributed by atoms with Crippen molar-refractivity contribution in [1.82, 2.24) is 5.32 Å². The summed E-state index contributed by atoms with van der Waals surface area (Å²) in [4.78, 5) is 25.1. The maximum absolute atomic E-state index is 13.1. The van der Waals surface area contributed by atoms with Gasteiger partial charge in [0.25, 0.3) is 5.91 Å². The second-order valence-corrected chi connectivity index (χ2v) is 6.80. The van der Waals surface area contributed by atoms with Gasteiger partial charge in [0.05, 0.1) is 24.1 Å². The summed E-state index contributed by atoms with van der Waals surface area (Å²) in [5.74, 6) is -0.168. The van der Waals surface area contributed by atoms with Crippen molar-refractivity contribution in [1.29, 1.82) is 0 Å². The van der Waals surface area contributed by atoms with E-state index in [1.165, 1.54) is 12.1 Å². The van der Waals surface area contributed by atoms with E-state index >= 15 is 0 Å². The normalized spacial score (nSPS) is 17.8. The summed E-state index contributed by atoms with van der Waals surface area (Å²) >= 11 is 0. The van der Waals surface area contributed by atoms with Crippen LogP contribution in [0.15, 0.2) is 71.3 Å². The Morgan fingerprint density at radius 3 is 2.57 bits per heavy atom. The van der Waals surface area contributed by atoms with Crippen molar-refractivity contribution in [3.05, 3.63) is 89.6 Å². The number of halogens is 1. The highest BCUT2D eigenvalue weighted by Gasteiger charge is 2.44. The summed E-state index contributed by atoms with van der Waals surface area (Å²) in [7, 11) is 0. The number of benzene rings is 2. The first-order valence-corrected chi connectivity index (χ1v) is 9.08. The molecule has 6 heteroatoms.